The number of rotatable bonds is 4. The molecule has 0 N–H and O–H groups in total. The summed E-state index contributed by atoms with van der Waals surface area (Å²) in [4.78, 5) is 27.0. The van der Waals surface area contributed by atoms with Gasteiger partial charge in [0, 0.05) is 31.9 Å². The molecule has 0 aliphatic carbocycles. The molecule has 2 aromatic carbocycles. The van der Waals surface area contributed by atoms with Gasteiger partial charge in [-0.05, 0) is 48.0 Å². The highest BCUT2D eigenvalue weighted by Gasteiger charge is 2.33. The number of anilines is 2. The van der Waals surface area contributed by atoms with Gasteiger partial charge in [0.05, 0.1) is 15.5 Å². The Kier molecular flexibility index (Phi) is 5.06. The molecular weight excluding hydrogens is 370 g/mol. The largest absolute Gasteiger partial charge is 0.378 e. The van der Waals surface area contributed by atoms with Crippen LogP contribution >= 0.6 is 24.0 Å². The summed E-state index contributed by atoms with van der Waals surface area (Å²) in [6, 6.07) is 13.6. The van der Waals surface area contributed by atoms with Crippen molar-refractivity contribution in [2.24, 2.45) is 0 Å². The molecule has 0 bridgehead atoms. The topological polar surface area (TPSA) is 66.7 Å². The van der Waals surface area contributed by atoms with Crippen LogP contribution in [0.25, 0.3) is 6.08 Å². The number of benzene rings is 2. The van der Waals surface area contributed by atoms with Gasteiger partial charge in [-0.2, -0.15) is 0 Å². The number of nitrogens with zero attached hydrogens (tertiary/aromatic N) is 3. The van der Waals surface area contributed by atoms with Crippen molar-refractivity contribution < 1.29 is 9.72 Å². The smallest absolute Gasteiger partial charge is 0.270 e. The standard InChI is InChI=1S/C18H15N3O3S2/c1-19(2)13-7-9-14(10-8-13)20-17(22)16(26-18(20)25)11-12-3-5-15(6-4-12)21(23)24/h3-11H,1-2H3/b16-11+. The second-order valence-electron chi connectivity index (χ2n) is 5.78. The Morgan fingerprint density at radius 2 is 1.73 bits per heavy atom. The SMILES string of the molecule is CN(C)c1ccc(N2C(=O)/C(=C\c3ccc([N+](=O)[O-])cc3)SC2=S)cc1. The van der Waals surface area contributed by atoms with E-state index in [1.807, 2.05) is 43.3 Å². The fraction of sp³-hybridized carbons (Fsp3) is 0.111. The molecule has 1 aliphatic heterocycles. The number of hydrogen-bond donors (Lipinski definition) is 0. The van der Waals surface area contributed by atoms with Crippen LogP contribution in [-0.2, 0) is 4.79 Å². The van der Waals surface area contributed by atoms with Crippen LogP contribution in [0.1, 0.15) is 5.56 Å². The van der Waals surface area contributed by atoms with Gasteiger partial charge in [0.1, 0.15) is 0 Å². The Labute approximate surface area is 160 Å². The van der Waals surface area contributed by atoms with Crippen LogP contribution in [0.15, 0.2) is 53.4 Å². The highest BCUT2D eigenvalue weighted by molar-refractivity contribution is 8.27. The number of nitro benzene ring substituents is 1. The van der Waals surface area contributed by atoms with Gasteiger partial charge in [0.25, 0.3) is 11.6 Å². The second-order valence-corrected chi connectivity index (χ2v) is 7.45. The molecule has 1 amide bonds. The van der Waals surface area contributed by atoms with Crippen molar-refractivity contribution in [3.8, 4) is 0 Å². The van der Waals surface area contributed by atoms with Gasteiger partial charge in [0.15, 0.2) is 4.32 Å². The van der Waals surface area contributed by atoms with E-state index in [1.165, 1.54) is 28.8 Å². The van der Waals surface area contributed by atoms with Crippen molar-refractivity contribution in [3.63, 3.8) is 0 Å². The molecule has 0 aromatic heterocycles. The number of non-ortho nitro benzene ring substituents is 1. The molecule has 0 atom stereocenters. The van der Waals surface area contributed by atoms with E-state index in [4.69, 9.17) is 12.2 Å². The van der Waals surface area contributed by atoms with E-state index >= 15 is 0 Å². The van der Waals surface area contributed by atoms with Crippen LogP contribution in [0.3, 0.4) is 0 Å². The fourth-order valence-corrected chi connectivity index (χ4v) is 3.73. The van der Waals surface area contributed by atoms with Gasteiger partial charge >= 0.3 is 0 Å². The summed E-state index contributed by atoms with van der Waals surface area (Å²) in [6.45, 7) is 0. The molecule has 6 nitrogen and oxygen atoms in total. The van der Waals surface area contributed by atoms with Crippen LogP contribution in [0.5, 0.6) is 0 Å². The minimum Gasteiger partial charge on any atom is -0.378 e. The summed E-state index contributed by atoms with van der Waals surface area (Å²) in [7, 11) is 3.89. The zero-order valence-corrected chi connectivity index (χ0v) is 15.7. The Morgan fingerprint density at radius 1 is 1.12 bits per heavy atom. The molecule has 132 valence electrons. The number of hydrogen-bond acceptors (Lipinski definition) is 6. The monoisotopic (exact) mass is 385 g/mol. The average molecular weight is 385 g/mol. The van der Waals surface area contributed by atoms with E-state index in [2.05, 4.69) is 0 Å². The molecule has 2 aromatic rings. The Morgan fingerprint density at radius 3 is 2.27 bits per heavy atom. The van der Waals surface area contributed by atoms with E-state index in [1.54, 1.807) is 18.2 Å². The molecule has 3 rings (SSSR count). The lowest BCUT2D eigenvalue weighted by atomic mass is 10.2. The van der Waals surface area contributed by atoms with Crippen molar-refractivity contribution in [1.29, 1.82) is 0 Å². The van der Waals surface area contributed by atoms with E-state index in [0.717, 1.165) is 5.69 Å². The van der Waals surface area contributed by atoms with Crippen LogP contribution in [0.2, 0.25) is 0 Å². The van der Waals surface area contributed by atoms with E-state index in [9.17, 15) is 14.9 Å². The molecule has 26 heavy (non-hydrogen) atoms. The van der Waals surface area contributed by atoms with Gasteiger partial charge in [-0.3, -0.25) is 19.8 Å². The third kappa shape index (κ3) is 3.61. The van der Waals surface area contributed by atoms with E-state index < -0.39 is 4.92 Å². The first-order valence-corrected chi connectivity index (χ1v) is 8.89. The molecule has 8 heteroatoms. The number of thioether (sulfide) groups is 1. The molecule has 1 heterocycles. The van der Waals surface area contributed by atoms with Gasteiger partial charge in [0.2, 0.25) is 0 Å². The summed E-state index contributed by atoms with van der Waals surface area (Å²) in [5.41, 5.74) is 2.46. The molecular formula is C18H15N3O3S2. The van der Waals surface area contributed by atoms with Crippen molar-refractivity contribution in [1.82, 2.24) is 0 Å². The maximum absolute atomic E-state index is 12.7. The Bertz CT molecular complexity index is 906. The first-order valence-electron chi connectivity index (χ1n) is 7.66. The molecule has 0 unspecified atom stereocenters. The number of amides is 1. The lowest BCUT2D eigenvalue weighted by Gasteiger charge is -2.17. The molecule has 0 radical (unpaired) electrons. The second kappa shape index (κ2) is 7.27. The van der Waals surface area contributed by atoms with Crippen LogP contribution < -0.4 is 9.80 Å². The van der Waals surface area contributed by atoms with Crippen LogP contribution in [0.4, 0.5) is 17.1 Å². The normalized spacial score (nSPS) is 15.6. The van der Waals surface area contributed by atoms with Crippen LogP contribution in [-0.4, -0.2) is 29.2 Å². The van der Waals surface area contributed by atoms with Crippen molar-refractivity contribution >= 4 is 57.3 Å². The zero-order valence-electron chi connectivity index (χ0n) is 14.1. The lowest BCUT2D eigenvalue weighted by molar-refractivity contribution is -0.384. The molecule has 1 fully saturated rings. The van der Waals surface area contributed by atoms with Gasteiger partial charge in [-0.15, -0.1) is 0 Å². The maximum Gasteiger partial charge on any atom is 0.270 e. The third-order valence-electron chi connectivity index (χ3n) is 3.82. The highest BCUT2D eigenvalue weighted by Crippen LogP contribution is 2.36. The number of carbonyl (C=O) groups is 1. The predicted octanol–water partition coefficient (Wildman–Crippen LogP) is 4.07. The van der Waals surface area contributed by atoms with Crippen molar-refractivity contribution in [2.45, 2.75) is 0 Å². The quantitative estimate of drug-likeness (QED) is 0.342. The molecule has 1 aliphatic rings. The first kappa shape index (κ1) is 18.1. The number of nitro groups is 1. The summed E-state index contributed by atoms with van der Waals surface area (Å²) in [5, 5.41) is 10.7. The van der Waals surface area contributed by atoms with E-state index in [-0.39, 0.29) is 11.6 Å². The summed E-state index contributed by atoms with van der Waals surface area (Å²) < 4.78 is 0.459. The average Bonchev–Trinajstić information content (AvgIpc) is 2.89. The summed E-state index contributed by atoms with van der Waals surface area (Å²) >= 11 is 6.58. The van der Waals surface area contributed by atoms with Crippen molar-refractivity contribution in [2.75, 3.05) is 23.9 Å². The Hall–Kier alpha value is -2.71. The summed E-state index contributed by atoms with van der Waals surface area (Å²) in [5.74, 6) is -0.198. The fourth-order valence-electron chi connectivity index (χ4n) is 2.43. The minimum atomic E-state index is -0.458. The molecule has 1 saturated heterocycles. The first-order chi connectivity index (χ1) is 12.4. The van der Waals surface area contributed by atoms with Gasteiger partial charge in [-0.1, -0.05) is 24.0 Å². The predicted molar refractivity (Wildman–Crippen MR) is 110 cm³/mol. The van der Waals surface area contributed by atoms with Crippen molar-refractivity contribution in [3.05, 3.63) is 69.1 Å². The molecule has 0 spiro atoms. The molecule has 0 saturated carbocycles. The highest BCUT2D eigenvalue weighted by atomic mass is 32.2. The lowest BCUT2D eigenvalue weighted by Crippen LogP contribution is -2.27. The van der Waals surface area contributed by atoms with Crippen LogP contribution in [0, 0.1) is 10.1 Å². The van der Waals surface area contributed by atoms with Gasteiger partial charge in [-0.25, -0.2) is 0 Å². The maximum atomic E-state index is 12.7. The summed E-state index contributed by atoms with van der Waals surface area (Å²) in [6.07, 6.45) is 1.69. The minimum absolute atomic E-state index is 0.00989. The number of carbonyl (C=O) groups excluding carboxylic acids is 1. The Balaban J connectivity index is 1.85. The van der Waals surface area contributed by atoms with E-state index in [0.29, 0.717) is 20.5 Å². The zero-order chi connectivity index (χ0) is 18.8. The number of thiocarbonyl (C=S) groups is 1. The third-order valence-corrected chi connectivity index (χ3v) is 5.12. The van der Waals surface area contributed by atoms with Gasteiger partial charge < -0.3 is 4.90 Å².